The van der Waals surface area contributed by atoms with E-state index in [2.05, 4.69) is 15.3 Å². The lowest BCUT2D eigenvalue weighted by Gasteiger charge is -2.16. The summed E-state index contributed by atoms with van der Waals surface area (Å²) in [7, 11) is 0. The van der Waals surface area contributed by atoms with E-state index in [4.69, 9.17) is 5.11 Å². The molecule has 2 aromatic rings. The Morgan fingerprint density at radius 2 is 1.74 bits per heavy atom. The Bertz CT molecular complexity index is 865. The number of aromatic nitrogens is 2. The Morgan fingerprint density at radius 1 is 1.13 bits per heavy atom. The molecule has 122 valence electrons. The van der Waals surface area contributed by atoms with Crippen LogP contribution < -0.4 is 16.4 Å². The second-order valence-electron chi connectivity index (χ2n) is 5.66. The highest BCUT2D eigenvalue weighted by Crippen LogP contribution is 2.11. The van der Waals surface area contributed by atoms with Crippen LogP contribution in [0.15, 0.2) is 27.8 Å². The van der Waals surface area contributed by atoms with Crippen LogP contribution in [0.25, 0.3) is 11.0 Å². The summed E-state index contributed by atoms with van der Waals surface area (Å²) in [6.45, 7) is 3.72. The van der Waals surface area contributed by atoms with Gasteiger partial charge in [-0.25, -0.2) is 4.79 Å². The van der Waals surface area contributed by atoms with E-state index in [1.54, 1.807) is 0 Å². The zero-order valence-electron chi connectivity index (χ0n) is 12.7. The molecule has 0 spiro atoms. The number of carbonyl (C=O) groups excluding carboxylic acids is 1. The van der Waals surface area contributed by atoms with E-state index < -0.39 is 29.0 Å². The van der Waals surface area contributed by atoms with Gasteiger partial charge in [0.2, 0.25) is 0 Å². The maximum Gasteiger partial charge on any atom is 0.326 e. The average molecular weight is 319 g/mol. The van der Waals surface area contributed by atoms with E-state index >= 15 is 0 Å². The molecule has 8 heteroatoms. The van der Waals surface area contributed by atoms with Crippen molar-refractivity contribution in [1.29, 1.82) is 0 Å². The molecule has 0 radical (unpaired) electrons. The average Bonchev–Trinajstić information content (AvgIpc) is 2.46. The van der Waals surface area contributed by atoms with Crippen LogP contribution in [-0.4, -0.2) is 33.0 Å². The molecule has 23 heavy (non-hydrogen) atoms. The molecule has 0 fully saturated rings. The molecule has 0 saturated heterocycles. The van der Waals surface area contributed by atoms with Crippen molar-refractivity contribution < 1.29 is 14.7 Å². The van der Waals surface area contributed by atoms with Crippen LogP contribution in [0.4, 0.5) is 0 Å². The summed E-state index contributed by atoms with van der Waals surface area (Å²) in [4.78, 5) is 50.7. The predicted octanol–water partition coefficient (Wildman–Crippen LogP) is 0.445. The topological polar surface area (TPSA) is 132 Å². The fraction of sp³-hybridized carbons (Fsp3) is 0.333. The lowest BCUT2D eigenvalue weighted by atomic mass is 10.0. The summed E-state index contributed by atoms with van der Waals surface area (Å²) in [5.74, 6) is -1.56. The SMILES string of the molecule is CC(C)C[C@@H](NC(=O)c1ccc2[nH]c(=O)c(=O)[nH]c2c1)C(=O)O. The number of hydrogen-bond donors (Lipinski definition) is 4. The number of benzene rings is 1. The third kappa shape index (κ3) is 3.85. The number of carboxylic acid groups (broad SMARTS) is 1. The molecule has 0 aliphatic heterocycles. The molecule has 8 nitrogen and oxygen atoms in total. The Hall–Kier alpha value is -2.90. The van der Waals surface area contributed by atoms with Gasteiger partial charge in [0, 0.05) is 5.56 Å². The molecular weight excluding hydrogens is 302 g/mol. The standard InChI is InChI=1S/C15H17N3O5/c1-7(2)5-11(15(22)23)18-12(19)8-3-4-9-10(6-8)17-14(21)13(20)16-9/h3-4,6-7,11H,5H2,1-2H3,(H,16,20)(H,17,21)(H,18,19)(H,22,23)/t11-/m1/s1. The van der Waals surface area contributed by atoms with Crippen molar-refractivity contribution in [1.82, 2.24) is 15.3 Å². The number of hydrogen-bond acceptors (Lipinski definition) is 4. The minimum absolute atomic E-state index is 0.106. The van der Waals surface area contributed by atoms with E-state index in [1.807, 2.05) is 13.8 Å². The first kappa shape index (κ1) is 16.5. The van der Waals surface area contributed by atoms with Crippen molar-refractivity contribution in [2.75, 3.05) is 0 Å². The molecule has 1 amide bonds. The number of carboxylic acids is 1. The first-order valence-corrected chi connectivity index (χ1v) is 7.08. The number of fused-ring (bicyclic) bond motifs is 1. The predicted molar refractivity (Wildman–Crippen MR) is 83.5 cm³/mol. The summed E-state index contributed by atoms with van der Waals surface area (Å²) in [5, 5.41) is 11.6. The van der Waals surface area contributed by atoms with Crippen molar-refractivity contribution in [3.05, 3.63) is 44.5 Å². The molecule has 1 aromatic heterocycles. The minimum atomic E-state index is -1.11. The van der Waals surface area contributed by atoms with E-state index in [9.17, 15) is 19.2 Å². The lowest BCUT2D eigenvalue weighted by molar-refractivity contribution is -0.139. The maximum atomic E-state index is 12.2. The highest BCUT2D eigenvalue weighted by Gasteiger charge is 2.21. The highest BCUT2D eigenvalue weighted by atomic mass is 16.4. The van der Waals surface area contributed by atoms with E-state index in [0.29, 0.717) is 11.9 Å². The second-order valence-corrected chi connectivity index (χ2v) is 5.66. The number of nitrogens with one attached hydrogen (secondary N) is 3. The minimum Gasteiger partial charge on any atom is -0.480 e. The molecule has 0 saturated carbocycles. The van der Waals surface area contributed by atoms with Gasteiger partial charge in [-0.1, -0.05) is 13.8 Å². The molecule has 1 atom stereocenters. The van der Waals surface area contributed by atoms with Gasteiger partial charge in [0.15, 0.2) is 0 Å². The molecule has 0 bridgehead atoms. The summed E-state index contributed by atoms with van der Waals surface area (Å²) < 4.78 is 0. The maximum absolute atomic E-state index is 12.2. The van der Waals surface area contributed by atoms with Crippen LogP contribution in [0.3, 0.4) is 0 Å². The van der Waals surface area contributed by atoms with Crippen LogP contribution in [0.2, 0.25) is 0 Å². The molecule has 0 aliphatic carbocycles. The van der Waals surface area contributed by atoms with Crippen molar-refractivity contribution in [3.8, 4) is 0 Å². The first-order valence-electron chi connectivity index (χ1n) is 7.08. The van der Waals surface area contributed by atoms with Gasteiger partial charge >= 0.3 is 17.1 Å². The largest absolute Gasteiger partial charge is 0.480 e. The fourth-order valence-electron chi connectivity index (χ4n) is 2.19. The van der Waals surface area contributed by atoms with Gasteiger partial charge < -0.3 is 20.4 Å². The normalized spacial score (nSPS) is 12.3. The van der Waals surface area contributed by atoms with Crippen LogP contribution in [0, 0.1) is 5.92 Å². The monoisotopic (exact) mass is 319 g/mol. The Balaban J connectivity index is 2.30. The zero-order chi connectivity index (χ0) is 17.1. The van der Waals surface area contributed by atoms with Crippen molar-refractivity contribution >= 4 is 22.9 Å². The van der Waals surface area contributed by atoms with Crippen LogP contribution >= 0.6 is 0 Å². The van der Waals surface area contributed by atoms with Gasteiger partial charge in [-0.3, -0.25) is 14.4 Å². The summed E-state index contributed by atoms with van der Waals surface area (Å²) in [5.41, 5.74) is -0.743. The molecular formula is C15H17N3O5. The smallest absolute Gasteiger partial charge is 0.326 e. The quantitative estimate of drug-likeness (QED) is 0.594. The van der Waals surface area contributed by atoms with E-state index in [-0.39, 0.29) is 17.0 Å². The number of aromatic amines is 2. The summed E-state index contributed by atoms with van der Waals surface area (Å²) in [6, 6.07) is 3.31. The summed E-state index contributed by atoms with van der Waals surface area (Å²) in [6.07, 6.45) is 0.304. The number of aliphatic carboxylic acids is 1. The molecule has 1 aromatic carbocycles. The number of carbonyl (C=O) groups is 2. The zero-order valence-corrected chi connectivity index (χ0v) is 12.7. The van der Waals surface area contributed by atoms with Gasteiger partial charge in [0.05, 0.1) is 11.0 Å². The van der Waals surface area contributed by atoms with Gasteiger partial charge in [-0.15, -0.1) is 0 Å². The number of rotatable bonds is 5. The molecule has 1 heterocycles. The van der Waals surface area contributed by atoms with E-state index in [0.717, 1.165) is 0 Å². The van der Waals surface area contributed by atoms with Gasteiger partial charge in [-0.05, 0) is 30.5 Å². The van der Waals surface area contributed by atoms with Gasteiger partial charge in [-0.2, -0.15) is 0 Å². The van der Waals surface area contributed by atoms with Crippen LogP contribution in [-0.2, 0) is 4.79 Å². The second kappa shape index (κ2) is 6.47. The third-order valence-corrected chi connectivity index (χ3v) is 3.29. The molecule has 0 aliphatic rings. The molecule has 4 N–H and O–H groups in total. The number of amides is 1. The van der Waals surface area contributed by atoms with Crippen molar-refractivity contribution in [3.63, 3.8) is 0 Å². The Labute approximate surface area is 130 Å². The first-order chi connectivity index (χ1) is 10.8. The van der Waals surface area contributed by atoms with Crippen molar-refractivity contribution in [2.24, 2.45) is 5.92 Å². The van der Waals surface area contributed by atoms with Crippen LogP contribution in [0.5, 0.6) is 0 Å². The van der Waals surface area contributed by atoms with Crippen LogP contribution in [0.1, 0.15) is 30.6 Å². The molecule has 0 unspecified atom stereocenters. The molecule has 2 rings (SSSR count). The third-order valence-electron chi connectivity index (χ3n) is 3.29. The fourth-order valence-corrected chi connectivity index (χ4v) is 2.19. The highest BCUT2D eigenvalue weighted by molar-refractivity contribution is 5.99. The lowest BCUT2D eigenvalue weighted by Crippen LogP contribution is -2.41. The van der Waals surface area contributed by atoms with Crippen molar-refractivity contribution in [2.45, 2.75) is 26.3 Å². The Morgan fingerprint density at radius 3 is 2.30 bits per heavy atom. The van der Waals surface area contributed by atoms with Gasteiger partial charge in [0.25, 0.3) is 5.91 Å². The Kier molecular flexibility index (Phi) is 4.63. The summed E-state index contributed by atoms with van der Waals surface area (Å²) >= 11 is 0. The number of H-pyrrole nitrogens is 2. The van der Waals surface area contributed by atoms with Gasteiger partial charge in [0.1, 0.15) is 6.04 Å². The van der Waals surface area contributed by atoms with E-state index in [1.165, 1.54) is 18.2 Å².